The molecule has 0 fully saturated rings. The molecule has 0 saturated heterocycles. The number of nitrogens with zero attached hydrogens (tertiary/aromatic N) is 2. The van der Waals surface area contributed by atoms with Crippen molar-refractivity contribution in [2.45, 2.75) is 67.0 Å². The summed E-state index contributed by atoms with van der Waals surface area (Å²) in [6.07, 6.45) is 1.28. The van der Waals surface area contributed by atoms with Gasteiger partial charge in [0.05, 0.1) is 5.69 Å². The third-order valence-corrected chi connectivity index (χ3v) is 3.83. The average Bonchev–Trinajstić information content (AvgIpc) is 2.69. The highest BCUT2D eigenvalue weighted by Gasteiger charge is 2.14. The zero-order valence-electron chi connectivity index (χ0n) is 15.4. The van der Waals surface area contributed by atoms with E-state index >= 15 is 0 Å². The smallest absolute Gasteiger partial charge is 0.220 e. The third kappa shape index (κ3) is 7.36. The lowest BCUT2D eigenvalue weighted by molar-refractivity contribution is -0.121. The number of halogens is 1. The summed E-state index contributed by atoms with van der Waals surface area (Å²) in [7, 11) is 0. The van der Waals surface area contributed by atoms with Crippen molar-refractivity contribution in [3.05, 3.63) is 17.0 Å². The highest BCUT2D eigenvalue weighted by molar-refractivity contribution is 5.85. The Labute approximate surface area is 147 Å². The number of carbonyl (C=O) groups is 1. The fourth-order valence-electron chi connectivity index (χ4n) is 2.63. The van der Waals surface area contributed by atoms with Gasteiger partial charge in [0, 0.05) is 31.2 Å². The summed E-state index contributed by atoms with van der Waals surface area (Å²) in [4.78, 5) is 12.0. The molecule has 0 unspecified atom stereocenters. The average molecular weight is 345 g/mol. The van der Waals surface area contributed by atoms with Crippen LogP contribution in [-0.2, 0) is 17.8 Å². The summed E-state index contributed by atoms with van der Waals surface area (Å²) in [5, 5.41) is 10.9. The second kappa shape index (κ2) is 10.7. The summed E-state index contributed by atoms with van der Waals surface area (Å²) in [6, 6.07) is 0.311. The molecule has 0 radical (unpaired) electrons. The van der Waals surface area contributed by atoms with E-state index in [2.05, 4.69) is 55.0 Å². The molecule has 134 valence electrons. The lowest BCUT2D eigenvalue weighted by Crippen LogP contribution is -2.38. The maximum Gasteiger partial charge on any atom is 0.220 e. The predicted octanol–water partition coefficient (Wildman–Crippen LogP) is 2.62. The van der Waals surface area contributed by atoms with Crippen molar-refractivity contribution in [1.82, 2.24) is 20.4 Å². The van der Waals surface area contributed by atoms with Crippen LogP contribution in [0.2, 0.25) is 0 Å². The summed E-state index contributed by atoms with van der Waals surface area (Å²) >= 11 is 0. The lowest BCUT2D eigenvalue weighted by Gasteiger charge is -2.13. The number of hydrogen-bond acceptors (Lipinski definition) is 3. The molecule has 1 amide bonds. The highest BCUT2D eigenvalue weighted by atomic mass is 35.5. The highest BCUT2D eigenvalue weighted by Crippen LogP contribution is 2.16. The Morgan fingerprint density at radius 3 is 2.48 bits per heavy atom. The maximum atomic E-state index is 12.0. The Kier molecular flexibility index (Phi) is 10.2. The molecule has 1 atom stereocenters. The molecule has 0 saturated carbocycles. The largest absolute Gasteiger partial charge is 0.355 e. The zero-order chi connectivity index (χ0) is 16.7. The van der Waals surface area contributed by atoms with Crippen molar-refractivity contribution in [2.75, 3.05) is 13.1 Å². The number of aromatic nitrogens is 2. The van der Waals surface area contributed by atoms with Crippen molar-refractivity contribution < 1.29 is 4.79 Å². The Balaban J connectivity index is 0.00000484. The molecule has 5 nitrogen and oxygen atoms in total. The molecule has 23 heavy (non-hydrogen) atoms. The maximum absolute atomic E-state index is 12.0. The van der Waals surface area contributed by atoms with Crippen LogP contribution >= 0.6 is 12.4 Å². The van der Waals surface area contributed by atoms with Crippen molar-refractivity contribution in [2.24, 2.45) is 5.92 Å². The first kappa shape index (κ1) is 21.9. The molecule has 0 aromatic carbocycles. The first-order chi connectivity index (χ1) is 10.3. The van der Waals surface area contributed by atoms with Gasteiger partial charge in [-0.3, -0.25) is 9.48 Å². The second-order valence-electron chi connectivity index (χ2n) is 6.49. The SMILES string of the molecule is CCN[C@H](C)CNC(=O)CCc1c(C)nn(CC(C)C)c1C.Cl. The molecule has 0 aliphatic carbocycles. The molecule has 1 aromatic rings. The van der Waals surface area contributed by atoms with Gasteiger partial charge in [0.2, 0.25) is 5.91 Å². The van der Waals surface area contributed by atoms with Gasteiger partial charge in [-0.25, -0.2) is 0 Å². The van der Waals surface area contributed by atoms with E-state index in [1.54, 1.807) is 0 Å². The molecule has 0 aliphatic rings. The van der Waals surface area contributed by atoms with Crippen molar-refractivity contribution in [1.29, 1.82) is 0 Å². The Hall–Kier alpha value is -1.07. The number of rotatable bonds is 9. The first-order valence-electron chi connectivity index (χ1n) is 8.38. The zero-order valence-corrected chi connectivity index (χ0v) is 16.2. The van der Waals surface area contributed by atoms with E-state index in [9.17, 15) is 4.79 Å². The number of hydrogen-bond donors (Lipinski definition) is 2. The molecule has 0 spiro atoms. The monoisotopic (exact) mass is 344 g/mol. The van der Waals surface area contributed by atoms with E-state index in [0.29, 0.717) is 24.9 Å². The van der Waals surface area contributed by atoms with Gasteiger partial charge in [0.25, 0.3) is 0 Å². The van der Waals surface area contributed by atoms with Gasteiger partial charge >= 0.3 is 0 Å². The van der Waals surface area contributed by atoms with Gasteiger partial charge in [-0.2, -0.15) is 5.10 Å². The number of carbonyl (C=O) groups excluding carboxylic acids is 1. The van der Waals surface area contributed by atoms with Crippen LogP contribution in [0.1, 0.15) is 51.1 Å². The quantitative estimate of drug-likeness (QED) is 0.724. The Morgan fingerprint density at radius 2 is 1.91 bits per heavy atom. The van der Waals surface area contributed by atoms with Crippen LogP contribution in [-0.4, -0.2) is 34.8 Å². The minimum atomic E-state index is 0. The molecule has 1 rings (SSSR count). The number of likely N-dealkylation sites (N-methyl/N-ethyl adjacent to an activating group) is 1. The summed E-state index contributed by atoms with van der Waals surface area (Å²) < 4.78 is 2.07. The van der Waals surface area contributed by atoms with E-state index in [0.717, 1.165) is 25.2 Å². The van der Waals surface area contributed by atoms with Crippen LogP contribution in [0.15, 0.2) is 0 Å². The van der Waals surface area contributed by atoms with Crippen LogP contribution in [0.3, 0.4) is 0 Å². The minimum Gasteiger partial charge on any atom is -0.355 e. The van der Waals surface area contributed by atoms with Gasteiger partial charge in [-0.05, 0) is 45.2 Å². The molecule has 1 heterocycles. The standard InChI is InChI=1S/C17H32N4O.ClH/c1-7-18-13(4)10-19-17(22)9-8-16-14(5)20-21(15(16)6)11-12(2)3;/h12-13,18H,7-11H2,1-6H3,(H,19,22);1H/t13-;/m1./s1. The predicted molar refractivity (Wildman–Crippen MR) is 98.3 cm³/mol. The van der Waals surface area contributed by atoms with Gasteiger partial charge in [0.1, 0.15) is 0 Å². The van der Waals surface area contributed by atoms with Gasteiger partial charge in [0.15, 0.2) is 0 Å². The Bertz CT molecular complexity index is 485. The summed E-state index contributed by atoms with van der Waals surface area (Å²) in [6.45, 7) is 15.2. The third-order valence-electron chi connectivity index (χ3n) is 3.83. The van der Waals surface area contributed by atoms with Crippen molar-refractivity contribution >= 4 is 18.3 Å². The van der Waals surface area contributed by atoms with Crippen LogP contribution in [0.4, 0.5) is 0 Å². The molecular formula is C17H33ClN4O. The van der Waals surface area contributed by atoms with Crippen molar-refractivity contribution in [3.8, 4) is 0 Å². The normalized spacial score (nSPS) is 12.1. The lowest BCUT2D eigenvalue weighted by atomic mass is 10.1. The second-order valence-corrected chi connectivity index (χ2v) is 6.49. The number of nitrogens with one attached hydrogen (secondary N) is 2. The molecular weight excluding hydrogens is 312 g/mol. The molecule has 0 bridgehead atoms. The van der Waals surface area contributed by atoms with Crippen LogP contribution < -0.4 is 10.6 Å². The van der Waals surface area contributed by atoms with Gasteiger partial charge < -0.3 is 10.6 Å². The van der Waals surface area contributed by atoms with Gasteiger partial charge in [-0.1, -0.05) is 20.8 Å². The summed E-state index contributed by atoms with van der Waals surface area (Å²) in [5.74, 6) is 0.682. The minimum absolute atomic E-state index is 0. The van der Waals surface area contributed by atoms with Crippen LogP contribution in [0.25, 0.3) is 0 Å². The fourth-order valence-corrected chi connectivity index (χ4v) is 2.63. The van der Waals surface area contributed by atoms with E-state index < -0.39 is 0 Å². The fraction of sp³-hybridized carbons (Fsp3) is 0.765. The van der Waals surface area contributed by atoms with E-state index in [1.807, 2.05) is 6.92 Å². The molecule has 1 aromatic heterocycles. The molecule has 6 heteroatoms. The van der Waals surface area contributed by atoms with Crippen LogP contribution in [0.5, 0.6) is 0 Å². The Morgan fingerprint density at radius 1 is 1.26 bits per heavy atom. The van der Waals surface area contributed by atoms with Crippen molar-refractivity contribution in [3.63, 3.8) is 0 Å². The summed E-state index contributed by atoms with van der Waals surface area (Å²) in [5.41, 5.74) is 3.46. The van der Waals surface area contributed by atoms with Gasteiger partial charge in [-0.15, -0.1) is 12.4 Å². The molecule has 0 aliphatic heterocycles. The van der Waals surface area contributed by atoms with E-state index in [-0.39, 0.29) is 18.3 Å². The number of aryl methyl sites for hydroxylation is 1. The van der Waals surface area contributed by atoms with E-state index in [4.69, 9.17) is 0 Å². The molecule has 2 N–H and O–H groups in total. The topological polar surface area (TPSA) is 58.9 Å². The van der Waals surface area contributed by atoms with E-state index in [1.165, 1.54) is 11.3 Å². The van der Waals surface area contributed by atoms with Crippen LogP contribution in [0, 0.1) is 19.8 Å². The number of amides is 1. The first-order valence-corrected chi connectivity index (χ1v) is 8.38.